The highest BCUT2D eigenvalue weighted by Gasteiger charge is 2.15. The summed E-state index contributed by atoms with van der Waals surface area (Å²) in [5.74, 6) is -0.224. The first-order valence-electron chi connectivity index (χ1n) is 4.92. The van der Waals surface area contributed by atoms with E-state index in [0.717, 1.165) is 16.8 Å². The van der Waals surface area contributed by atoms with Crippen LogP contribution in [0.1, 0.15) is 22.9 Å². The molecule has 1 unspecified atom stereocenters. The van der Waals surface area contributed by atoms with Crippen molar-refractivity contribution in [2.75, 3.05) is 7.05 Å². The quantitative estimate of drug-likeness (QED) is 0.890. The third kappa shape index (κ3) is 2.25. The first-order valence-corrected chi connectivity index (χ1v) is 5.75. The van der Waals surface area contributed by atoms with E-state index in [2.05, 4.69) is 14.9 Å². The highest BCUT2D eigenvalue weighted by Crippen LogP contribution is 2.22. The molecule has 16 heavy (non-hydrogen) atoms. The minimum atomic E-state index is -0.224. The standard InChI is InChI=1S/C11H12FN3S/c1-7-3-8(5-9(12)4-7)11(13-2)10-6-16-15-14-10/h3-6,11,13H,1-2H3. The predicted molar refractivity (Wildman–Crippen MR) is 61.9 cm³/mol. The first kappa shape index (κ1) is 11.2. The Balaban J connectivity index is 2.41. The fourth-order valence-corrected chi connectivity index (χ4v) is 2.19. The second kappa shape index (κ2) is 4.67. The van der Waals surface area contributed by atoms with Crippen molar-refractivity contribution in [1.82, 2.24) is 14.9 Å². The van der Waals surface area contributed by atoms with Gasteiger partial charge in [-0.15, -0.1) is 5.10 Å². The van der Waals surface area contributed by atoms with Crippen molar-refractivity contribution in [3.05, 3.63) is 46.2 Å². The zero-order chi connectivity index (χ0) is 11.5. The molecule has 0 spiro atoms. The predicted octanol–water partition coefficient (Wildman–Crippen LogP) is 2.29. The summed E-state index contributed by atoms with van der Waals surface area (Å²) in [6.45, 7) is 1.87. The summed E-state index contributed by atoms with van der Waals surface area (Å²) in [4.78, 5) is 0. The lowest BCUT2D eigenvalue weighted by Gasteiger charge is -2.14. The van der Waals surface area contributed by atoms with Crippen LogP contribution in [0.15, 0.2) is 23.6 Å². The summed E-state index contributed by atoms with van der Waals surface area (Å²) < 4.78 is 17.1. The molecule has 1 atom stereocenters. The molecule has 1 N–H and O–H groups in total. The van der Waals surface area contributed by atoms with Gasteiger partial charge in [-0.25, -0.2) is 4.39 Å². The van der Waals surface area contributed by atoms with Gasteiger partial charge in [0, 0.05) is 5.38 Å². The van der Waals surface area contributed by atoms with Crippen LogP contribution in [0.25, 0.3) is 0 Å². The molecule has 0 radical (unpaired) electrons. The molecule has 2 rings (SSSR count). The number of aryl methyl sites for hydroxylation is 1. The van der Waals surface area contributed by atoms with Crippen LogP contribution >= 0.6 is 11.5 Å². The van der Waals surface area contributed by atoms with Gasteiger partial charge in [-0.1, -0.05) is 10.6 Å². The number of benzene rings is 1. The van der Waals surface area contributed by atoms with Gasteiger partial charge in [0.15, 0.2) is 0 Å². The van der Waals surface area contributed by atoms with E-state index >= 15 is 0 Å². The van der Waals surface area contributed by atoms with E-state index in [1.54, 1.807) is 0 Å². The molecule has 0 bridgehead atoms. The minimum absolute atomic E-state index is 0.104. The molecule has 1 aromatic heterocycles. The van der Waals surface area contributed by atoms with Crippen LogP contribution in [-0.4, -0.2) is 16.6 Å². The van der Waals surface area contributed by atoms with Crippen molar-refractivity contribution in [2.45, 2.75) is 13.0 Å². The first-order chi connectivity index (χ1) is 7.70. The van der Waals surface area contributed by atoms with E-state index in [0.29, 0.717) is 0 Å². The Morgan fingerprint density at radius 2 is 2.19 bits per heavy atom. The topological polar surface area (TPSA) is 37.8 Å². The van der Waals surface area contributed by atoms with Gasteiger partial charge in [-0.3, -0.25) is 0 Å². The maximum atomic E-state index is 13.3. The van der Waals surface area contributed by atoms with Gasteiger partial charge < -0.3 is 5.32 Å². The van der Waals surface area contributed by atoms with Gasteiger partial charge >= 0.3 is 0 Å². The molecule has 3 nitrogen and oxygen atoms in total. The van der Waals surface area contributed by atoms with Gasteiger partial charge in [0.05, 0.1) is 11.7 Å². The fourth-order valence-electron chi connectivity index (χ4n) is 1.71. The molecule has 5 heteroatoms. The van der Waals surface area contributed by atoms with Crippen molar-refractivity contribution in [3.63, 3.8) is 0 Å². The van der Waals surface area contributed by atoms with Gasteiger partial charge in [-0.2, -0.15) is 0 Å². The molecule has 0 amide bonds. The zero-order valence-electron chi connectivity index (χ0n) is 9.07. The summed E-state index contributed by atoms with van der Waals surface area (Å²) >= 11 is 1.29. The number of aromatic nitrogens is 2. The maximum absolute atomic E-state index is 13.3. The van der Waals surface area contributed by atoms with Crippen LogP contribution in [0.5, 0.6) is 0 Å². The second-order valence-electron chi connectivity index (χ2n) is 3.61. The van der Waals surface area contributed by atoms with Crippen molar-refractivity contribution in [3.8, 4) is 0 Å². The van der Waals surface area contributed by atoms with E-state index in [9.17, 15) is 4.39 Å². The van der Waals surface area contributed by atoms with Gasteiger partial charge in [0.1, 0.15) is 5.82 Å². The van der Waals surface area contributed by atoms with E-state index in [4.69, 9.17) is 0 Å². The van der Waals surface area contributed by atoms with E-state index in [1.807, 2.05) is 25.4 Å². The summed E-state index contributed by atoms with van der Waals surface area (Å²) in [6.07, 6.45) is 0. The van der Waals surface area contributed by atoms with Crippen LogP contribution < -0.4 is 5.32 Å². The molecule has 2 aromatic rings. The zero-order valence-corrected chi connectivity index (χ0v) is 9.88. The Labute approximate surface area is 97.5 Å². The Hall–Kier alpha value is -1.33. The van der Waals surface area contributed by atoms with Crippen molar-refractivity contribution < 1.29 is 4.39 Å². The number of nitrogens with zero attached hydrogens (tertiary/aromatic N) is 2. The smallest absolute Gasteiger partial charge is 0.123 e. The highest BCUT2D eigenvalue weighted by molar-refractivity contribution is 7.03. The van der Waals surface area contributed by atoms with Crippen LogP contribution in [-0.2, 0) is 0 Å². The maximum Gasteiger partial charge on any atom is 0.123 e. The molecule has 1 aromatic carbocycles. The summed E-state index contributed by atoms with van der Waals surface area (Å²) in [5.41, 5.74) is 2.59. The largest absolute Gasteiger partial charge is 0.308 e. The number of nitrogens with one attached hydrogen (secondary N) is 1. The molecule has 1 heterocycles. The van der Waals surface area contributed by atoms with Crippen LogP contribution in [0.2, 0.25) is 0 Å². The minimum Gasteiger partial charge on any atom is -0.308 e. The second-order valence-corrected chi connectivity index (χ2v) is 4.22. The fraction of sp³-hybridized carbons (Fsp3) is 0.273. The Kier molecular flexibility index (Phi) is 3.26. The van der Waals surface area contributed by atoms with Crippen molar-refractivity contribution in [2.24, 2.45) is 0 Å². The Morgan fingerprint density at radius 3 is 2.75 bits per heavy atom. The van der Waals surface area contributed by atoms with E-state index < -0.39 is 0 Å². The lowest BCUT2D eigenvalue weighted by Crippen LogP contribution is -2.18. The monoisotopic (exact) mass is 237 g/mol. The molecule has 0 fully saturated rings. The molecule has 0 saturated carbocycles. The number of rotatable bonds is 3. The van der Waals surface area contributed by atoms with Crippen molar-refractivity contribution >= 4 is 11.5 Å². The number of hydrogen-bond donors (Lipinski definition) is 1. The van der Waals surface area contributed by atoms with Gasteiger partial charge in [-0.05, 0) is 48.8 Å². The highest BCUT2D eigenvalue weighted by atomic mass is 32.1. The third-order valence-electron chi connectivity index (χ3n) is 2.36. The Morgan fingerprint density at radius 1 is 1.38 bits per heavy atom. The van der Waals surface area contributed by atoms with Crippen LogP contribution in [0.4, 0.5) is 4.39 Å². The molecular weight excluding hydrogens is 225 g/mol. The normalized spacial score (nSPS) is 12.7. The molecule has 0 aliphatic carbocycles. The van der Waals surface area contributed by atoms with E-state index in [-0.39, 0.29) is 11.9 Å². The Bertz CT molecular complexity index is 450. The van der Waals surface area contributed by atoms with Gasteiger partial charge in [0.25, 0.3) is 0 Å². The third-order valence-corrected chi connectivity index (χ3v) is 2.88. The molecule has 0 aliphatic heterocycles. The summed E-state index contributed by atoms with van der Waals surface area (Å²) in [6, 6.07) is 4.88. The molecule has 0 aliphatic rings. The molecule has 0 saturated heterocycles. The SMILES string of the molecule is CNC(c1cc(C)cc(F)c1)c1csnn1. The lowest BCUT2D eigenvalue weighted by molar-refractivity contribution is 0.612. The summed E-state index contributed by atoms with van der Waals surface area (Å²) in [7, 11) is 1.82. The van der Waals surface area contributed by atoms with Crippen molar-refractivity contribution in [1.29, 1.82) is 0 Å². The number of halogens is 1. The molecule has 84 valence electrons. The summed E-state index contributed by atoms with van der Waals surface area (Å²) in [5, 5.41) is 8.98. The average Bonchev–Trinajstić information content (AvgIpc) is 2.70. The van der Waals surface area contributed by atoms with Gasteiger partial charge in [0.2, 0.25) is 0 Å². The van der Waals surface area contributed by atoms with Crippen LogP contribution in [0.3, 0.4) is 0 Å². The van der Waals surface area contributed by atoms with E-state index in [1.165, 1.54) is 23.7 Å². The average molecular weight is 237 g/mol. The lowest BCUT2D eigenvalue weighted by atomic mass is 10.0. The molecular formula is C11H12FN3S. The van der Waals surface area contributed by atoms with Crippen LogP contribution in [0, 0.1) is 12.7 Å². The number of hydrogen-bond acceptors (Lipinski definition) is 4.